The fraction of sp³-hybridized carbons (Fsp3) is 0. The minimum absolute atomic E-state index is 0. The van der Waals surface area contributed by atoms with Gasteiger partial charge < -0.3 is 5.73 Å². The Balaban J connectivity index is 0.00000144. The smallest absolute Gasteiger partial charge is 0.249 e. The fourth-order valence-electron chi connectivity index (χ4n) is 2.93. The molecular weight excluding hydrogens is 338 g/mol. The van der Waals surface area contributed by atoms with Crippen LogP contribution in [0.25, 0.3) is 32.3 Å². The number of carbonyl (C=O) groups excluding carboxylic acids is 1. The first-order chi connectivity index (χ1) is 10.2. The molecule has 0 saturated carbocycles. The molecule has 0 aliphatic carbocycles. The van der Waals surface area contributed by atoms with Crippen molar-refractivity contribution in [2.24, 2.45) is 5.73 Å². The average molecular weight is 352 g/mol. The number of nitrogens with two attached hydrogens (primary N) is 1. The second-order valence-electron chi connectivity index (χ2n) is 5.29. The summed E-state index contributed by atoms with van der Waals surface area (Å²) in [5.41, 5.74) is 6.05. The van der Waals surface area contributed by atoms with Crippen molar-refractivity contribution in [1.82, 2.24) is 0 Å². The molecule has 2 nitrogen and oxygen atoms in total. The van der Waals surface area contributed by atoms with E-state index in [4.69, 9.17) is 5.73 Å². The minimum atomic E-state index is -0.388. The van der Waals surface area contributed by atoms with Gasteiger partial charge in [-0.3, -0.25) is 4.79 Å². The van der Waals surface area contributed by atoms with E-state index in [0.29, 0.717) is 5.56 Å². The molecule has 22 heavy (non-hydrogen) atoms. The van der Waals surface area contributed by atoms with Gasteiger partial charge in [0.25, 0.3) is 0 Å². The highest BCUT2D eigenvalue weighted by Crippen LogP contribution is 2.28. The molecule has 4 aromatic carbocycles. The molecule has 0 saturated heterocycles. The lowest BCUT2D eigenvalue weighted by atomic mass is 9.97. The van der Waals surface area contributed by atoms with Gasteiger partial charge in [-0.15, -0.1) is 17.0 Å². The number of rotatable bonds is 1. The molecule has 0 aliphatic rings. The third-order valence-electron chi connectivity index (χ3n) is 3.97. The van der Waals surface area contributed by atoms with Gasteiger partial charge in [-0.2, -0.15) is 0 Å². The second-order valence-corrected chi connectivity index (χ2v) is 5.29. The van der Waals surface area contributed by atoms with E-state index >= 15 is 0 Å². The van der Waals surface area contributed by atoms with Crippen molar-refractivity contribution in [3.8, 4) is 0 Å². The van der Waals surface area contributed by atoms with Crippen molar-refractivity contribution in [2.75, 3.05) is 0 Å². The third kappa shape index (κ3) is 2.24. The van der Waals surface area contributed by atoms with Crippen LogP contribution in [0.4, 0.5) is 0 Å². The van der Waals surface area contributed by atoms with E-state index in [0.717, 1.165) is 16.2 Å². The molecular formula is C19H14BrNO. The molecule has 0 aliphatic heterocycles. The van der Waals surface area contributed by atoms with Gasteiger partial charge in [-0.05, 0) is 62.6 Å². The van der Waals surface area contributed by atoms with Crippen LogP contribution in [0.1, 0.15) is 10.4 Å². The Hall–Kier alpha value is -2.39. The van der Waals surface area contributed by atoms with E-state index < -0.39 is 0 Å². The molecule has 0 bridgehead atoms. The summed E-state index contributed by atoms with van der Waals surface area (Å²) >= 11 is 0. The van der Waals surface area contributed by atoms with Crippen molar-refractivity contribution in [2.45, 2.75) is 0 Å². The number of carbonyl (C=O) groups is 1. The normalized spacial score (nSPS) is 10.7. The fourth-order valence-corrected chi connectivity index (χ4v) is 2.93. The molecule has 0 aromatic heterocycles. The standard InChI is InChI=1S/C19H13NO.BrH/c20-19(21)17-7-3-6-14-10-15-8-12-4-1-2-5-13(12)9-16(15)11-18(14)17;/h1-11H,(H2,20,21);1H. The van der Waals surface area contributed by atoms with Crippen LogP contribution in [-0.4, -0.2) is 5.91 Å². The summed E-state index contributed by atoms with van der Waals surface area (Å²) in [7, 11) is 0. The summed E-state index contributed by atoms with van der Waals surface area (Å²) in [6, 6.07) is 22.4. The zero-order valence-electron chi connectivity index (χ0n) is 11.7. The van der Waals surface area contributed by atoms with Gasteiger partial charge in [0.05, 0.1) is 0 Å². The first-order valence-corrected chi connectivity index (χ1v) is 6.87. The SMILES string of the molecule is Br.NC(=O)c1cccc2cc3cc4ccccc4cc3cc12. The number of amides is 1. The highest BCUT2D eigenvalue weighted by atomic mass is 79.9. The van der Waals surface area contributed by atoms with Crippen LogP contribution < -0.4 is 5.73 Å². The van der Waals surface area contributed by atoms with Crippen molar-refractivity contribution < 1.29 is 4.79 Å². The van der Waals surface area contributed by atoms with Gasteiger partial charge in [0.2, 0.25) is 5.91 Å². The Labute approximate surface area is 138 Å². The highest BCUT2D eigenvalue weighted by molar-refractivity contribution is 8.93. The Bertz CT molecular complexity index is 1020. The lowest BCUT2D eigenvalue weighted by Gasteiger charge is -2.07. The van der Waals surface area contributed by atoms with Crippen molar-refractivity contribution in [3.05, 3.63) is 72.3 Å². The van der Waals surface area contributed by atoms with Crippen molar-refractivity contribution >= 4 is 55.2 Å². The van der Waals surface area contributed by atoms with Gasteiger partial charge in [-0.1, -0.05) is 36.4 Å². The summed E-state index contributed by atoms with van der Waals surface area (Å²) in [5, 5.41) is 6.65. The van der Waals surface area contributed by atoms with E-state index in [1.807, 2.05) is 24.3 Å². The molecule has 4 rings (SSSR count). The zero-order valence-corrected chi connectivity index (χ0v) is 13.5. The number of hydrogen-bond acceptors (Lipinski definition) is 1. The van der Waals surface area contributed by atoms with Crippen molar-refractivity contribution in [3.63, 3.8) is 0 Å². The summed E-state index contributed by atoms with van der Waals surface area (Å²) < 4.78 is 0. The molecule has 0 radical (unpaired) electrons. The predicted octanol–water partition coefficient (Wildman–Crippen LogP) is 4.82. The molecule has 0 atom stereocenters. The molecule has 0 heterocycles. The van der Waals surface area contributed by atoms with Crippen LogP contribution in [0.2, 0.25) is 0 Å². The Morgan fingerprint density at radius 1 is 0.682 bits per heavy atom. The van der Waals surface area contributed by atoms with E-state index in [1.165, 1.54) is 16.2 Å². The molecule has 3 heteroatoms. The maximum absolute atomic E-state index is 11.6. The largest absolute Gasteiger partial charge is 0.366 e. The van der Waals surface area contributed by atoms with Crippen LogP contribution in [0.15, 0.2) is 66.7 Å². The van der Waals surface area contributed by atoms with Crippen LogP contribution >= 0.6 is 17.0 Å². The molecule has 0 spiro atoms. The zero-order chi connectivity index (χ0) is 14.4. The van der Waals surface area contributed by atoms with E-state index in [9.17, 15) is 4.79 Å². The number of halogens is 1. The topological polar surface area (TPSA) is 43.1 Å². The predicted molar refractivity (Wildman–Crippen MR) is 97.8 cm³/mol. The maximum atomic E-state index is 11.6. The summed E-state index contributed by atoms with van der Waals surface area (Å²) in [6.45, 7) is 0. The molecule has 4 aromatic rings. The quantitative estimate of drug-likeness (QED) is 0.490. The Morgan fingerprint density at radius 3 is 1.86 bits per heavy atom. The van der Waals surface area contributed by atoms with Gasteiger partial charge >= 0.3 is 0 Å². The van der Waals surface area contributed by atoms with Gasteiger partial charge in [0.1, 0.15) is 0 Å². The number of hydrogen-bond donors (Lipinski definition) is 1. The molecule has 108 valence electrons. The van der Waals surface area contributed by atoms with Crippen molar-refractivity contribution in [1.29, 1.82) is 0 Å². The van der Waals surface area contributed by atoms with Gasteiger partial charge in [-0.25, -0.2) is 0 Å². The third-order valence-corrected chi connectivity index (χ3v) is 3.97. The van der Waals surface area contributed by atoms with Crippen LogP contribution in [0.3, 0.4) is 0 Å². The summed E-state index contributed by atoms with van der Waals surface area (Å²) in [4.78, 5) is 11.6. The maximum Gasteiger partial charge on any atom is 0.249 e. The number of benzene rings is 4. The molecule has 2 N–H and O–H groups in total. The number of primary amides is 1. The van der Waals surface area contributed by atoms with Gasteiger partial charge in [0, 0.05) is 5.56 Å². The first-order valence-electron chi connectivity index (χ1n) is 6.87. The second kappa shape index (κ2) is 5.43. The van der Waals surface area contributed by atoms with Gasteiger partial charge in [0.15, 0.2) is 0 Å². The molecule has 0 unspecified atom stereocenters. The van der Waals surface area contributed by atoms with Crippen LogP contribution in [0, 0.1) is 0 Å². The number of fused-ring (bicyclic) bond motifs is 3. The lowest BCUT2D eigenvalue weighted by Crippen LogP contribution is -2.11. The highest BCUT2D eigenvalue weighted by Gasteiger charge is 2.07. The van der Waals surface area contributed by atoms with E-state index in [-0.39, 0.29) is 22.9 Å². The average Bonchev–Trinajstić information content (AvgIpc) is 2.50. The minimum Gasteiger partial charge on any atom is -0.366 e. The molecule has 1 amide bonds. The monoisotopic (exact) mass is 351 g/mol. The van der Waals surface area contributed by atoms with E-state index in [1.54, 1.807) is 6.07 Å². The first kappa shape index (κ1) is 14.5. The van der Waals surface area contributed by atoms with E-state index in [2.05, 4.69) is 36.4 Å². The molecule has 0 fully saturated rings. The Kier molecular flexibility index (Phi) is 3.59. The lowest BCUT2D eigenvalue weighted by molar-refractivity contribution is 0.100. The summed E-state index contributed by atoms with van der Waals surface area (Å²) in [5.74, 6) is -0.388. The van der Waals surface area contributed by atoms with Crippen LogP contribution in [-0.2, 0) is 0 Å². The Morgan fingerprint density at radius 2 is 1.23 bits per heavy atom. The summed E-state index contributed by atoms with van der Waals surface area (Å²) in [6.07, 6.45) is 0. The van der Waals surface area contributed by atoms with Crippen LogP contribution in [0.5, 0.6) is 0 Å².